The van der Waals surface area contributed by atoms with Crippen LogP contribution in [0.3, 0.4) is 0 Å². The Morgan fingerprint density at radius 3 is 2.79 bits per heavy atom. The molecule has 0 atom stereocenters. The Kier molecular flexibility index (Phi) is 4.27. The summed E-state index contributed by atoms with van der Waals surface area (Å²) in [6.07, 6.45) is 0. The number of thioether (sulfide) groups is 1. The van der Waals surface area contributed by atoms with Gasteiger partial charge in [-0.15, -0.1) is 11.8 Å². The average molecular weight is 277 g/mol. The normalized spacial score (nSPS) is 10.9. The number of hydrogen-bond acceptors (Lipinski definition) is 4. The first-order valence-corrected chi connectivity index (χ1v) is 6.97. The molecule has 4 nitrogen and oxygen atoms in total. The molecule has 1 heterocycles. The van der Waals surface area contributed by atoms with Gasteiger partial charge in [0.05, 0.1) is 5.75 Å². The van der Waals surface area contributed by atoms with Gasteiger partial charge in [0.2, 0.25) is 0 Å². The van der Waals surface area contributed by atoms with Gasteiger partial charge in [-0.1, -0.05) is 37.2 Å². The summed E-state index contributed by atoms with van der Waals surface area (Å²) >= 11 is 1.63. The Labute approximate surface area is 115 Å². The highest BCUT2D eigenvalue weighted by molar-refractivity contribution is 7.98. The smallest absolute Gasteiger partial charge is 0.358 e. The van der Waals surface area contributed by atoms with E-state index in [2.05, 4.69) is 31.1 Å². The second-order valence-corrected chi connectivity index (χ2v) is 5.48. The summed E-state index contributed by atoms with van der Waals surface area (Å²) < 4.78 is 5.00. The second kappa shape index (κ2) is 5.93. The molecular formula is C14H15NO3S. The van der Waals surface area contributed by atoms with Gasteiger partial charge in [-0.3, -0.25) is 0 Å². The van der Waals surface area contributed by atoms with Gasteiger partial charge in [0, 0.05) is 11.0 Å². The van der Waals surface area contributed by atoms with E-state index in [0.717, 1.165) is 0 Å². The molecular weight excluding hydrogens is 262 g/mol. The molecule has 1 N–H and O–H groups in total. The summed E-state index contributed by atoms with van der Waals surface area (Å²) in [5, 5.41) is 12.3. The number of nitrogens with zero attached hydrogens (tertiary/aromatic N) is 1. The first kappa shape index (κ1) is 13.7. The summed E-state index contributed by atoms with van der Waals surface area (Å²) in [6.45, 7) is 4.30. The van der Waals surface area contributed by atoms with Crippen molar-refractivity contribution in [2.45, 2.75) is 30.4 Å². The molecule has 0 aliphatic carbocycles. The molecule has 0 bridgehead atoms. The van der Waals surface area contributed by atoms with Crippen LogP contribution in [0.25, 0.3) is 0 Å². The van der Waals surface area contributed by atoms with E-state index >= 15 is 0 Å². The SMILES string of the molecule is CC(C)c1ccccc1SCc1cc(C(=O)O)no1. The number of carboxylic acids is 1. The fraction of sp³-hybridized carbons (Fsp3) is 0.286. The molecule has 2 rings (SSSR count). The minimum absolute atomic E-state index is 0.0484. The standard InChI is InChI=1S/C14H15NO3S/c1-9(2)11-5-3-4-6-13(11)19-8-10-7-12(14(16)17)15-18-10/h3-7,9H,8H2,1-2H3,(H,16,17). The summed E-state index contributed by atoms with van der Waals surface area (Å²) in [6, 6.07) is 9.66. The lowest BCUT2D eigenvalue weighted by molar-refractivity contribution is 0.0685. The maximum Gasteiger partial charge on any atom is 0.358 e. The fourth-order valence-corrected chi connectivity index (χ4v) is 2.80. The van der Waals surface area contributed by atoms with Gasteiger partial charge in [-0.2, -0.15) is 0 Å². The lowest BCUT2D eigenvalue weighted by atomic mass is 10.0. The molecule has 0 saturated heterocycles. The molecule has 1 aromatic carbocycles. The van der Waals surface area contributed by atoms with Crippen LogP contribution in [0.5, 0.6) is 0 Å². The molecule has 2 aromatic rings. The molecule has 0 radical (unpaired) electrons. The summed E-state index contributed by atoms with van der Waals surface area (Å²) in [4.78, 5) is 11.9. The van der Waals surface area contributed by atoms with E-state index in [4.69, 9.17) is 9.63 Å². The van der Waals surface area contributed by atoms with Crippen molar-refractivity contribution in [2.75, 3.05) is 0 Å². The molecule has 0 saturated carbocycles. The van der Waals surface area contributed by atoms with E-state index < -0.39 is 5.97 Å². The first-order chi connectivity index (χ1) is 9.08. The van der Waals surface area contributed by atoms with Crippen molar-refractivity contribution in [3.8, 4) is 0 Å². The summed E-state index contributed by atoms with van der Waals surface area (Å²) in [7, 11) is 0. The van der Waals surface area contributed by atoms with E-state index in [1.165, 1.54) is 16.5 Å². The van der Waals surface area contributed by atoms with Crippen LogP contribution >= 0.6 is 11.8 Å². The van der Waals surface area contributed by atoms with Gasteiger partial charge in [0.15, 0.2) is 5.69 Å². The topological polar surface area (TPSA) is 63.3 Å². The predicted octanol–water partition coefficient (Wildman–Crippen LogP) is 3.79. The number of hydrogen-bond donors (Lipinski definition) is 1. The van der Waals surface area contributed by atoms with Gasteiger partial charge >= 0.3 is 5.97 Å². The zero-order valence-corrected chi connectivity index (χ0v) is 11.6. The van der Waals surface area contributed by atoms with E-state index in [-0.39, 0.29) is 5.69 Å². The van der Waals surface area contributed by atoms with Crippen molar-refractivity contribution >= 4 is 17.7 Å². The maximum atomic E-state index is 10.7. The van der Waals surface area contributed by atoms with Gasteiger partial charge in [0.25, 0.3) is 0 Å². The monoisotopic (exact) mass is 277 g/mol. The van der Waals surface area contributed by atoms with Crippen LogP contribution in [0, 0.1) is 0 Å². The summed E-state index contributed by atoms with van der Waals surface area (Å²) in [5.74, 6) is 0.529. The Hall–Kier alpha value is -1.75. The van der Waals surface area contributed by atoms with E-state index in [9.17, 15) is 4.79 Å². The Morgan fingerprint density at radius 1 is 1.42 bits per heavy atom. The number of aromatic nitrogens is 1. The van der Waals surface area contributed by atoms with Crippen LogP contribution in [-0.2, 0) is 5.75 Å². The fourth-order valence-electron chi connectivity index (χ4n) is 1.72. The number of aromatic carboxylic acids is 1. The Morgan fingerprint density at radius 2 is 2.16 bits per heavy atom. The van der Waals surface area contributed by atoms with E-state index in [1.807, 2.05) is 12.1 Å². The van der Waals surface area contributed by atoms with Gasteiger partial charge in [-0.05, 0) is 17.5 Å². The highest BCUT2D eigenvalue weighted by Gasteiger charge is 2.12. The van der Waals surface area contributed by atoms with Gasteiger partial charge in [-0.25, -0.2) is 4.79 Å². The minimum atomic E-state index is -1.07. The second-order valence-electron chi connectivity index (χ2n) is 4.46. The molecule has 1 aromatic heterocycles. The van der Waals surface area contributed by atoms with E-state index in [0.29, 0.717) is 17.4 Å². The lowest BCUT2D eigenvalue weighted by Crippen LogP contribution is -1.94. The van der Waals surface area contributed by atoms with Crippen molar-refractivity contribution in [2.24, 2.45) is 0 Å². The van der Waals surface area contributed by atoms with Crippen LogP contribution in [0.4, 0.5) is 0 Å². The number of carboxylic acid groups (broad SMARTS) is 1. The molecule has 0 aliphatic heterocycles. The Balaban J connectivity index is 2.08. The molecule has 100 valence electrons. The van der Waals surface area contributed by atoms with Crippen LogP contribution in [0.1, 0.15) is 41.6 Å². The Bertz CT molecular complexity index is 578. The third kappa shape index (κ3) is 3.38. The zero-order chi connectivity index (χ0) is 13.8. The van der Waals surface area contributed by atoms with Crippen molar-refractivity contribution in [3.05, 3.63) is 47.3 Å². The minimum Gasteiger partial charge on any atom is -0.476 e. The van der Waals surface area contributed by atoms with E-state index in [1.54, 1.807) is 11.8 Å². The van der Waals surface area contributed by atoms with Crippen LogP contribution < -0.4 is 0 Å². The van der Waals surface area contributed by atoms with Gasteiger partial charge < -0.3 is 9.63 Å². The molecule has 0 aliphatic rings. The van der Waals surface area contributed by atoms with Crippen LogP contribution in [0.15, 0.2) is 39.8 Å². The largest absolute Gasteiger partial charge is 0.476 e. The molecule has 0 fully saturated rings. The quantitative estimate of drug-likeness (QED) is 0.842. The highest BCUT2D eigenvalue weighted by atomic mass is 32.2. The molecule has 0 unspecified atom stereocenters. The summed E-state index contributed by atoms with van der Waals surface area (Å²) in [5.41, 5.74) is 1.23. The van der Waals surface area contributed by atoms with Crippen molar-refractivity contribution in [3.63, 3.8) is 0 Å². The van der Waals surface area contributed by atoms with Gasteiger partial charge in [0.1, 0.15) is 5.76 Å². The lowest BCUT2D eigenvalue weighted by Gasteiger charge is -2.10. The van der Waals surface area contributed by atoms with Crippen molar-refractivity contribution in [1.29, 1.82) is 0 Å². The van der Waals surface area contributed by atoms with Crippen LogP contribution in [-0.4, -0.2) is 16.2 Å². The first-order valence-electron chi connectivity index (χ1n) is 5.98. The zero-order valence-electron chi connectivity index (χ0n) is 10.8. The highest BCUT2D eigenvalue weighted by Crippen LogP contribution is 2.30. The third-order valence-corrected chi connectivity index (χ3v) is 3.80. The molecule has 19 heavy (non-hydrogen) atoms. The molecule has 5 heteroatoms. The predicted molar refractivity (Wildman–Crippen MR) is 73.6 cm³/mol. The van der Waals surface area contributed by atoms with Crippen molar-refractivity contribution in [1.82, 2.24) is 5.16 Å². The average Bonchev–Trinajstić information content (AvgIpc) is 2.85. The number of carbonyl (C=O) groups is 1. The van der Waals surface area contributed by atoms with Crippen molar-refractivity contribution < 1.29 is 14.4 Å². The number of benzene rings is 1. The molecule has 0 amide bonds. The number of rotatable bonds is 5. The third-order valence-electron chi connectivity index (χ3n) is 2.69. The molecule has 0 spiro atoms. The maximum absolute atomic E-state index is 10.7. The van der Waals surface area contributed by atoms with Crippen LogP contribution in [0.2, 0.25) is 0 Å².